The lowest BCUT2D eigenvalue weighted by Crippen LogP contribution is -2.17. The Balaban J connectivity index is 1.63. The Morgan fingerprint density at radius 1 is 1.06 bits per heavy atom. The summed E-state index contributed by atoms with van der Waals surface area (Å²) in [5, 5.41) is 15.3. The molecule has 0 aliphatic carbocycles. The van der Waals surface area contributed by atoms with Gasteiger partial charge in [-0.15, -0.1) is 0 Å². The van der Waals surface area contributed by atoms with Crippen LogP contribution in [0.5, 0.6) is 11.5 Å². The number of hydrogen-bond acceptors (Lipinski definition) is 6. The summed E-state index contributed by atoms with van der Waals surface area (Å²) in [4.78, 5) is 22.3. The van der Waals surface area contributed by atoms with Crippen LogP contribution >= 0.6 is 11.6 Å². The van der Waals surface area contributed by atoms with Crippen molar-refractivity contribution in [2.24, 2.45) is 5.10 Å². The fraction of sp³-hybridized carbons (Fsp3) is 0.130. The van der Waals surface area contributed by atoms with E-state index in [1.54, 1.807) is 30.3 Å². The molecule has 8 nitrogen and oxygen atoms in total. The van der Waals surface area contributed by atoms with Gasteiger partial charge >= 0.3 is 0 Å². The van der Waals surface area contributed by atoms with E-state index in [1.807, 2.05) is 19.1 Å². The molecule has 0 aromatic heterocycles. The van der Waals surface area contributed by atoms with Crippen molar-refractivity contribution in [1.82, 2.24) is 5.43 Å². The minimum Gasteiger partial charge on any atom is -0.490 e. The average Bonchev–Trinajstić information content (AvgIpc) is 2.80. The first-order chi connectivity index (χ1) is 15.5. The highest BCUT2D eigenvalue weighted by atomic mass is 35.5. The van der Waals surface area contributed by atoms with Crippen molar-refractivity contribution in [1.29, 1.82) is 0 Å². The number of carbonyl (C=O) groups excluding carboxylic acids is 1. The molecule has 1 N–H and O–H groups in total. The van der Waals surface area contributed by atoms with Crippen LogP contribution in [0.25, 0.3) is 0 Å². The molecule has 164 valence electrons. The average molecular weight is 454 g/mol. The number of nitro groups is 1. The highest BCUT2D eigenvalue weighted by Crippen LogP contribution is 2.29. The molecule has 0 aliphatic heterocycles. The molecule has 0 saturated carbocycles. The van der Waals surface area contributed by atoms with Gasteiger partial charge in [-0.1, -0.05) is 23.7 Å². The molecule has 0 unspecified atom stereocenters. The number of nitro benzene ring substituents is 1. The van der Waals surface area contributed by atoms with E-state index < -0.39 is 10.8 Å². The van der Waals surface area contributed by atoms with Gasteiger partial charge in [-0.25, -0.2) is 5.43 Å². The van der Waals surface area contributed by atoms with Crippen LogP contribution in [0.3, 0.4) is 0 Å². The van der Waals surface area contributed by atoms with Crippen LogP contribution in [-0.2, 0) is 6.61 Å². The fourth-order valence-corrected chi connectivity index (χ4v) is 2.82. The Hall–Kier alpha value is -3.91. The topological polar surface area (TPSA) is 103 Å². The number of ether oxygens (including phenoxy) is 2. The standard InChI is InChI=1S/C23H20ClN3O5/c1-2-31-22-13-17(5-12-21(22)32-15-16-3-8-19(24)9-4-16)14-25-26-23(28)18-6-10-20(11-7-18)27(29)30/h3-14H,2,15H2,1H3,(H,26,28)/b25-14+. The minimum atomic E-state index is -0.529. The molecular formula is C23H20ClN3O5. The first-order valence-electron chi connectivity index (χ1n) is 9.68. The third kappa shape index (κ3) is 6.29. The highest BCUT2D eigenvalue weighted by Gasteiger charge is 2.09. The third-order valence-electron chi connectivity index (χ3n) is 4.30. The van der Waals surface area contributed by atoms with E-state index in [0.717, 1.165) is 5.56 Å². The van der Waals surface area contributed by atoms with E-state index in [0.29, 0.717) is 35.3 Å². The van der Waals surface area contributed by atoms with Crippen molar-refractivity contribution in [2.75, 3.05) is 6.61 Å². The third-order valence-corrected chi connectivity index (χ3v) is 4.55. The van der Waals surface area contributed by atoms with E-state index in [4.69, 9.17) is 21.1 Å². The molecule has 0 atom stereocenters. The Bertz CT molecular complexity index is 1120. The zero-order valence-corrected chi connectivity index (χ0v) is 17.9. The second kappa shape index (κ2) is 10.9. The van der Waals surface area contributed by atoms with Gasteiger partial charge in [0, 0.05) is 22.7 Å². The number of halogens is 1. The number of non-ortho nitro benzene ring substituents is 1. The Labute approximate surface area is 189 Å². The van der Waals surface area contributed by atoms with Crippen LogP contribution in [0.1, 0.15) is 28.4 Å². The SMILES string of the molecule is CCOc1cc(/C=N/NC(=O)c2ccc([N+](=O)[O-])cc2)ccc1OCc1ccc(Cl)cc1. The number of nitrogens with zero attached hydrogens (tertiary/aromatic N) is 2. The Morgan fingerprint density at radius 2 is 1.78 bits per heavy atom. The van der Waals surface area contributed by atoms with Crippen LogP contribution in [0.4, 0.5) is 5.69 Å². The summed E-state index contributed by atoms with van der Waals surface area (Å²) in [5.74, 6) is 0.644. The molecule has 3 aromatic carbocycles. The zero-order chi connectivity index (χ0) is 22.9. The van der Waals surface area contributed by atoms with E-state index in [-0.39, 0.29) is 11.3 Å². The quantitative estimate of drug-likeness (QED) is 0.279. The molecule has 3 aromatic rings. The maximum Gasteiger partial charge on any atom is 0.271 e. The number of rotatable bonds is 9. The maximum absolute atomic E-state index is 12.1. The smallest absolute Gasteiger partial charge is 0.271 e. The van der Waals surface area contributed by atoms with Gasteiger partial charge in [0.1, 0.15) is 6.61 Å². The van der Waals surface area contributed by atoms with Crippen molar-refractivity contribution in [3.63, 3.8) is 0 Å². The van der Waals surface area contributed by atoms with Crippen LogP contribution in [0.15, 0.2) is 71.8 Å². The molecule has 0 heterocycles. The van der Waals surface area contributed by atoms with E-state index in [9.17, 15) is 14.9 Å². The van der Waals surface area contributed by atoms with E-state index in [2.05, 4.69) is 10.5 Å². The van der Waals surface area contributed by atoms with Gasteiger partial charge in [0.05, 0.1) is 17.7 Å². The lowest BCUT2D eigenvalue weighted by atomic mass is 10.2. The first-order valence-corrected chi connectivity index (χ1v) is 10.1. The van der Waals surface area contributed by atoms with Gasteiger partial charge in [0.2, 0.25) is 0 Å². The molecule has 0 radical (unpaired) electrons. The highest BCUT2D eigenvalue weighted by molar-refractivity contribution is 6.30. The second-order valence-electron chi connectivity index (χ2n) is 6.56. The van der Waals surface area contributed by atoms with E-state index >= 15 is 0 Å². The number of benzene rings is 3. The van der Waals surface area contributed by atoms with Crippen LogP contribution in [-0.4, -0.2) is 23.7 Å². The number of nitrogens with one attached hydrogen (secondary N) is 1. The van der Waals surface area contributed by atoms with Gasteiger partial charge < -0.3 is 9.47 Å². The molecule has 1 amide bonds. The lowest BCUT2D eigenvalue weighted by molar-refractivity contribution is -0.384. The normalized spacial score (nSPS) is 10.7. The molecule has 32 heavy (non-hydrogen) atoms. The van der Waals surface area contributed by atoms with Crippen LogP contribution in [0.2, 0.25) is 5.02 Å². The molecule has 9 heteroatoms. The van der Waals surface area contributed by atoms with Gasteiger partial charge in [-0.05, 0) is 60.5 Å². The predicted molar refractivity (Wildman–Crippen MR) is 122 cm³/mol. The first kappa shape index (κ1) is 22.8. The molecule has 0 spiro atoms. The lowest BCUT2D eigenvalue weighted by Gasteiger charge is -2.12. The Morgan fingerprint density at radius 3 is 2.44 bits per heavy atom. The predicted octanol–water partition coefficient (Wildman–Crippen LogP) is 4.99. The number of hydrazone groups is 1. The summed E-state index contributed by atoms with van der Waals surface area (Å²) in [5.41, 5.74) is 4.22. The van der Waals surface area contributed by atoms with Crippen molar-refractivity contribution >= 4 is 29.4 Å². The number of hydrogen-bond donors (Lipinski definition) is 1. The summed E-state index contributed by atoms with van der Waals surface area (Å²) in [6.45, 7) is 2.68. The van der Waals surface area contributed by atoms with Crippen molar-refractivity contribution in [2.45, 2.75) is 13.5 Å². The van der Waals surface area contributed by atoms with Gasteiger partial charge in [-0.3, -0.25) is 14.9 Å². The summed E-state index contributed by atoms with van der Waals surface area (Å²) in [6, 6.07) is 17.9. The summed E-state index contributed by atoms with van der Waals surface area (Å²) in [7, 11) is 0. The largest absolute Gasteiger partial charge is 0.490 e. The minimum absolute atomic E-state index is 0.0909. The molecular weight excluding hydrogens is 434 g/mol. The van der Waals surface area contributed by atoms with Gasteiger partial charge in [-0.2, -0.15) is 5.10 Å². The summed E-state index contributed by atoms with van der Waals surface area (Å²) >= 11 is 5.90. The summed E-state index contributed by atoms with van der Waals surface area (Å²) < 4.78 is 11.5. The molecule has 0 aliphatic rings. The Kier molecular flexibility index (Phi) is 7.77. The van der Waals surface area contributed by atoms with Gasteiger partial charge in [0.15, 0.2) is 11.5 Å². The monoisotopic (exact) mass is 453 g/mol. The fourth-order valence-electron chi connectivity index (χ4n) is 2.70. The van der Waals surface area contributed by atoms with Gasteiger partial charge in [0.25, 0.3) is 11.6 Å². The maximum atomic E-state index is 12.1. The van der Waals surface area contributed by atoms with Crippen molar-refractivity contribution in [3.8, 4) is 11.5 Å². The molecule has 0 fully saturated rings. The molecule has 0 saturated heterocycles. The van der Waals surface area contributed by atoms with Crippen molar-refractivity contribution in [3.05, 3.63) is 98.6 Å². The van der Waals surface area contributed by atoms with Crippen molar-refractivity contribution < 1.29 is 19.2 Å². The number of carbonyl (C=O) groups is 1. The summed E-state index contributed by atoms with van der Waals surface area (Å²) in [6.07, 6.45) is 1.47. The second-order valence-corrected chi connectivity index (χ2v) is 6.99. The molecule has 0 bridgehead atoms. The van der Waals surface area contributed by atoms with Crippen LogP contribution in [0, 0.1) is 10.1 Å². The number of amides is 1. The van der Waals surface area contributed by atoms with Crippen LogP contribution < -0.4 is 14.9 Å². The van der Waals surface area contributed by atoms with E-state index in [1.165, 1.54) is 30.5 Å². The zero-order valence-electron chi connectivity index (χ0n) is 17.2. The molecule has 3 rings (SSSR count).